The molecule has 0 bridgehead atoms. The van der Waals surface area contributed by atoms with Crippen molar-refractivity contribution >= 4 is 44.2 Å². The van der Waals surface area contributed by atoms with Gasteiger partial charge in [0.1, 0.15) is 0 Å². The number of benzene rings is 1. The first-order valence-electron chi connectivity index (χ1n) is 9.22. The van der Waals surface area contributed by atoms with Gasteiger partial charge < -0.3 is 23.0 Å². The molecular formula is C20H31Cl2N3SSiTi. The third-order valence-electron chi connectivity index (χ3n) is 5.46. The van der Waals surface area contributed by atoms with Gasteiger partial charge in [-0.15, -0.1) is 11.8 Å². The second-order valence-electron chi connectivity index (χ2n) is 7.41. The fourth-order valence-electron chi connectivity index (χ4n) is 4.25. The van der Waals surface area contributed by atoms with Crippen molar-refractivity contribution < 1.29 is 17.0 Å². The van der Waals surface area contributed by atoms with Crippen molar-refractivity contribution in [2.45, 2.75) is 43.7 Å². The molecule has 0 amide bonds. The molecule has 0 aromatic heterocycles. The van der Waals surface area contributed by atoms with Crippen molar-refractivity contribution in [2.75, 3.05) is 20.4 Å². The molecule has 8 heteroatoms. The van der Waals surface area contributed by atoms with Crippen molar-refractivity contribution in [3.05, 3.63) is 63.8 Å². The Bertz CT molecular complexity index is 619. The number of thioether (sulfide) groups is 1. The summed E-state index contributed by atoms with van der Waals surface area (Å²) >= 11 is 1.57. The summed E-state index contributed by atoms with van der Waals surface area (Å²) in [5, 5.41) is 9.15. The van der Waals surface area contributed by atoms with Crippen LogP contribution in [0.5, 0.6) is 0 Å². The number of fused-ring (bicyclic) bond motifs is 1. The molecule has 154 valence electrons. The summed E-state index contributed by atoms with van der Waals surface area (Å²) in [6.07, 6.45) is 2.64. The Morgan fingerprint density at radius 1 is 1.14 bits per heavy atom. The number of hydrogen-bond acceptors (Lipinski definition) is 1. The summed E-state index contributed by atoms with van der Waals surface area (Å²) in [6, 6.07) is 11.0. The van der Waals surface area contributed by atoms with E-state index in [1.807, 2.05) is 7.05 Å². The molecule has 0 radical (unpaired) electrons. The molecule has 0 spiro atoms. The Morgan fingerprint density at radius 2 is 1.79 bits per heavy atom. The van der Waals surface area contributed by atoms with Crippen LogP contribution in [-0.4, -0.2) is 33.9 Å². The first-order valence-corrected chi connectivity index (χ1v) is 17.4. The van der Waals surface area contributed by atoms with Crippen LogP contribution in [-0.2, 0) is 17.0 Å². The van der Waals surface area contributed by atoms with E-state index in [0.717, 1.165) is 10.8 Å². The number of rotatable bonds is 7. The molecule has 1 saturated carbocycles. The Kier molecular flexibility index (Phi) is 12.6. The van der Waals surface area contributed by atoms with E-state index >= 15 is 0 Å². The fraction of sp³-hybridized carbons (Fsp3) is 0.550. The quantitative estimate of drug-likeness (QED) is 0.216. The van der Waals surface area contributed by atoms with Gasteiger partial charge in [0.05, 0.1) is 0 Å². The molecule has 3 nitrogen and oxygen atoms in total. The molecule has 1 aliphatic carbocycles. The van der Waals surface area contributed by atoms with Crippen molar-refractivity contribution in [3.63, 3.8) is 0 Å². The minimum atomic E-state index is -1.62. The number of hydrogen-bond donors (Lipinski definition) is 0. The molecule has 1 fully saturated rings. The van der Waals surface area contributed by atoms with Gasteiger partial charge in [0.15, 0.2) is 0 Å². The average Bonchev–Trinajstić information content (AvgIpc) is 3.18. The first kappa shape index (κ1) is 26.7. The average molecular weight is 492 g/mol. The number of allylic oxidation sites excluding steroid dienone is 2. The van der Waals surface area contributed by atoms with Gasteiger partial charge in [-0.1, -0.05) is 63.6 Å². The third kappa shape index (κ3) is 6.86. The molecule has 1 aromatic rings. The Balaban J connectivity index is 0.000000921. The summed E-state index contributed by atoms with van der Waals surface area (Å²) in [7, 11) is 9.96. The molecule has 2 aliphatic rings. The minimum absolute atomic E-state index is 0. The van der Waals surface area contributed by atoms with E-state index in [-0.39, 0.29) is 7.43 Å². The second-order valence-corrected chi connectivity index (χ2v) is 15.8. The van der Waals surface area contributed by atoms with Gasteiger partial charge in [0.2, 0.25) is 0 Å². The van der Waals surface area contributed by atoms with Gasteiger partial charge in [0.25, 0.3) is 0 Å². The van der Waals surface area contributed by atoms with Crippen LogP contribution in [0.1, 0.15) is 25.3 Å². The van der Waals surface area contributed by atoms with Gasteiger partial charge >= 0.3 is 35.6 Å². The van der Waals surface area contributed by atoms with Crippen molar-refractivity contribution in [1.82, 2.24) is 0 Å². The SMILES string of the molecule is C[N-]C[N-]C[N-][Si](C)(C)C1CCC2C(c3ccccc3)=C(C)SC21.[CH3-].[Cl][Ti+4][Cl]. The monoisotopic (exact) mass is 491 g/mol. The van der Waals surface area contributed by atoms with E-state index in [1.165, 1.54) is 23.3 Å². The maximum atomic E-state index is 5.04. The Hall–Kier alpha value is 0.701. The molecule has 3 rings (SSSR count). The molecule has 1 heterocycles. The van der Waals surface area contributed by atoms with E-state index in [0.29, 0.717) is 19.3 Å². The van der Waals surface area contributed by atoms with E-state index < -0.39 is 25.3 Å². The Labute approximate surface area is 194 Å². The van der Waals surface area contributed by atoms with Crippen LogP contribution in [0, 0.1) is 13.3 Å². The van der Waals surface area contributed by atoms with E-state index in [4.69, 9.17) is 23.6 Å². The summed E-state index contributed by atoms with van der Waals surface area (Å²) in [5.74, 6) is 0.715. The third-order valence-corrected chi connectivity index (χ3v) is 10.6. The molecule has 0 N–H and O–H groups in total. The maximum absolute atomic E-state index is 5.04. The summed E-state index contributed by atoms with van der Waals surface area (Å²) in [6.45, 7) is 8.38. The zero-order valence-electron chi connectivity index (χ0n) is 17.5. The van der Waals surface area contributed by atoms with Gasteiger partial charge in [-0.25, -0.2) is 0 Å². The van der Waals surface area contributed by atoms with Crippen LogP contribution in [0.3, 0.4) is 0 Å². The van der Waals surface area contributed by atoms with Crippen LogP contribution in [0.4, 0.5) is 0 Å². The Morgan fingerprint density at radius 3 is 2.39 bits per heavy atom. The van der Waals surface area contributed by atoms with Crippen molar-refractivity contribution in [1.29, 1.82) is 0 Å². The molecule has 3 unspecified atom stereocenters. The van der Waals surface area contributed by atoms with Crippen LogP contribution in [0.25, 0.3) is 21.2 Å². The topological polar surface area (TPSA) is 42.3 Å². The standard InChI is InChI=1S/C19H28N3SSi.CH3.2ClH.Ti/c1-14-18(15-8-6-5-7-9-15)16-10-11-17(19(16)23-14)24(3,4)22-13-21-12-20-2;;;;/h5-9,16-17,19H,10-13H2,1-4H3;1H3;2*1H;/q-3;-1;;;+6/p-2. The van der Waals surface area contributed by atoms with Gasteiger partial charge in [0, 0.05) is 5.25 Å². The summed E-state index contributed by atoms with van der Waals surface area (Å²) in [4.78, 5) is 6.57. The van der Waals surface area contributed by atoms with Gasteiger partial charge in [-0.3, -0.25) is 13.3 Å². The van der Waals surface area contributed by atoms with Crippen molar-refractivity contribution in [2.24, 2.45) is 5.92 Å². The second kappa shape index (κ2) is 13.2. The van der Waals surface area contributed by atoms with Gasteiger partial charge in [-0.2, -0.15) is 7.05 Å². The fourth-order valence-corrected chi connectivity index (χ4v) is 9.61. The predicted molar refractivity (Wildman–Crippen MR) is 128 cm³/mol. The molecular weight excluding hydrogens is 461 g/mol. The van der Waals surface area contributed by atoms with Crippen molar-refractivity contribution in [3.8, 4) is 0 Å². The molecule has 0 saturated heterocycles. The summed E-state index contributed by atoms with van der Waals surface area (Å²) < 4.78 is 0. The van der Waals surface area contributed by atoms with Crippen LogP contribution in [0.2, 0.25) is 18.6 Å². The van der Waals surface area contributed by atoms with Crippen LogP contribution < -0.4 is 0 Å². The molecule has 1 aliphatic heterocycles. The van der Waals surface area contributed by atoms with E-state index in [2.05, 4.69) is 72.7 Å². The number of nitrogens with zero attached hydrogens (tertiary/aromatic N) is 3. The van der Waals surface area contributed by atoms with Crippen LogP contribution >= 0.6 is 30.4 Å². The van der Waals surface area contributed by atoms with Gasteiger partial charge in [-0.05, 0) is 35.3 Å². The zero-order chi connectivity index (χ0) is 19.9. The molecule has 28 heavy (non-hydrogen) atoms. The molecule has 3 atom stereocenters. The zero-order valence-corrected chi connectivity index (χ0v) is 22.3. The first-order chi connectivity index (χ1) is 13.0. The van der Waals surface area contributed by atoms with E-state index in [9.17, 15) is 0 Å². The normalized spacial score (nSPS) is 23.9. The summed E-state index contributed by atoms with van der Waals surface area (Å²) in [5.41, 5.74) is 3.79. The predicted octanol–water partition coefficient (Wildman–Crippen LogP) is 8.01. The van der Waals surface area contributed by atoms with Crippen LogP contribution in [0.15, 0.2) is 35.2 Å². The molecule has 1 aromatic carbocycles. The number of halogens is 2. The van der Waals surface area contributed by atoms with E-state index in [1.54, 1.807) is 5.57 Å².